The number of benzene rings is 1. The second-order valence-corrected chi connectivity index (χ2v) is 5.30. The van der Waals surface area contributed by atoms with E-state index in [2.05, 4.69) is 20.5 Å². The van der Waals surface area contributed by atoms with E-state index >= 15 is 0 Å². The maximum Gasteiger partial charge on any atom is 0.243 e. The minimum absolute atomic E-state index is 0.508. The highest BCUT2D eigenvalue weighted by molar-refractivity contribution is 5.84. The number of methoxy groups -OCH3 is 2. The van der Waals surface area contributed by atoms with Crippen LogP contribution in [0.25, 0.3) is 0 Å². The Hall–Kier alpha value is -2.63. The first-order valence-corrected chi connectivity index (χ1v) is 7.34. The van der Waals surface area contributed by atoms with Crippen molar-refractivity contribution in [2.75, 3.05) is 19.6 Å². The van der Waals surface area contributed by atoms with Gasteiger partial charge in [0.2, 0.25) is 5.95 Å². The van der Waals surface area contributed by atoms with Crippen molar-refractivity contribution in [1.82, 2.24) is 9.97 Å². The highest BCUT2D eigenvalue weighted by atomic mass is 16.5. The third kappa shape index (κ3) is 4.67. The predicted molar refractivity (Wildman–Crippen MR) is 91.5 cm³/mol. The van der Waals surface area contributed by atoms with Gasteiger partial charge in [-0.2, -0.15) is 5.10 Å². The first-order valence-electron chi connectivity index (χ1n) is 7.34. The molecule has 0 saturated heterocycles. The molecule has 0 radical (unpaired) electrons. The molecule has 0 aliphatic rings. The summed E-state index contributed by atoms with van der Waals surface area (Å²) < 4.78 is 10.6. The van der Waals surface area contributed by atoms with Gasteiger partial charge in [0.05, 0.1) is 14.2 Å². The Bertz CT molecular complexity index is 693. The molecule has 6 nitrogen and oxygen atoms in total. The number of anilines is 1. The molecule has 0 bridgehead atoms. The van der Waals surface area contributed by atoms with Crippen molar-refractivity contribution < 1.29 is 9.47 Å². The van der Waals surface area contributed by atoms with Crippen LogP contribution in [0.2, 0.25) is 0 Å². The van der Waals surface area contributed by atoms with E-state index in [1.54, 1.807) is 14.2 Å². The zero-order chi connectivity index (χ0) is 16.8. The first-order chi connectivity index (χ1) is 11.0. The average molecular weight is 314 g/mol. The second-order valence-electron chi connectivity index (χ2n) is 5.30. The van der Waals surface area contributed by atoms with Crippen molar-refractivity contribution in [3.8, 4) is 11.5 Å². The summed E-state index contributed by atoms with van der Waals surface area (Å²) in [6, 6.07) is 7.76. The Labute approximate surface area is 136 Å². The lowest BCUT2D eigenvalue weighted by atomic mass is 10.1. The lowest BCUT2D eigenvalue weighted by Crippen LogP contribution is -2.05. The third-order valence-electron chi connectivity index (χ3n) is 3.24. The first kappa shape index (κ1) is 16.7. The number of hydrogen-bond donors (Lipinski definition) is 1. The fraction of sp³-hybridized carbons (Fsp3) is 0.353. The fourth-order valence-corrected chi connectivity index (χ4v) is 2.25. The Morgan fingerprint density at radius 2 is 1.70 bits per heavy atom. The zero-order valence-corrected chi connectivity index (χ0v) is 14.2. The van der Waals surface area contributed by atoms with E-state index in [9.17, 15) is 0 Å². The SMILES string of the molecule is COc1ccc(C/C(C)=N\Nc2nc(C)cc(C)n2)cc1OC. The fourth-order valence-electron chi connectivity index (χ4n) is 2.25. The summed E-state index contributed by atoms with van der Waals surface area (Å²) in [4.78, 5) is 8.59. The Morgan fingerprint density at radius 3 is 2.30 bits per heavy atom. The predicted octanol–water partition coefficient (Wildman–Crippen LogP) is 3.14. The number of hydrazone groups is 1. The quantitative estimate of drug-likeness (QED) is 0.655. The van der Waals surface area contributed by atoms with Crippen molar-refractivity contribution in [3.05, 3.63) is 41.2 Å². The van der Waals surface area contributed by atoms with Gasteiger partial charge in [0.1, 0.15) is 0 Å². The van der Waals surface area contributed by atoms with Crippen LogP contribution in [0.1, 0.15) is 23.9 Å². The van der Waals surface area contributed by atoms with Gasteiger partial charge in [-0.25, -0.2) is 15.4 Å². The Morgan fingerprint density at radius 1 is 1.04 bits per heavy atom. The number of ether oxygens (including phenoxy) is 2. The molecule has 1 heterocycles. The smallest absolute Gasteiger partial charge is 0.243 e. The molecule has 0 saturated carbocycles. The van der Waals surface area contributed by atoms with Crippen LogP contribution >= 0.6 is 0 Å². The molecule has 0 atom stereocenters. The van der Waals surface area contributed by atoms with E-state index in [1.165, 1.54) is 0 Å². The van der Waals surface area contributed by atoms with Gasteiger partial charge in [0.15, 0.2) is 11.5 Å². The Balaban J connectivity index is 2.07. The molecular weight excluding hydrogens is 292 g/mol. The molecule has 1 aromatic heterocycles. The number of nitrogens with one attached hydrogen (secondary N) is 1. The van der Waals surface area contributed by atoms with Crippen LogP contribution in [0.15, 0.2) is 29.4 Å². The highest BCUT2D eigenvalue weighted by Gasteiger charge is 2.06. The largest absolute Gasteiger partial charge is 0.493 e. The summed E-state index contributed by atoms with van der Waals surface area (Å²) in [5.41, 5.74) is 6.73. The number of aryl methyl sites for hydroxylation is 2. The van der Waals surface area contributed by atoms with Gasteiger partial charge in [-0.1, -0.05) is 6.07 Å². The van der Waals surface area contributed by atoms with Gasteiger partial charge in [-0.05, 0) is 44.5 Å². The summed E-state index contributed by atoms with van der Waals surface area (Å²) >= 11 is 0. The number of hydrogen-bond acceptors (Lipinski definition) is 6. The molecule has 6 heteroatoms. The summed E-state index contributed by atoms with van der Waals surface area (Å²) in [6.45, 7) is 5.81. The van der Waals surface area contributed by atoms with Crippen LogP contribution in [0.5, 0.6) is 11.5 Å². The second kappa shape index (κ2) is 7.58. The van der Waals surface area contributed by atoms with E-state index in [0.29, 0.717) is 23.9 Å². The maximum absolute atomic E-state index is 5.31. The van der Waals surface area contributed by atoms with E-state index < -0.39 is 0 Å². The molecule has 0 amide bonds. The third-order valence-corrected chi connectivity index (χ3v) is 3.24. The number of nitrogens with zero attached hydrogens (tertiary/aromatic N) is 3. The lowest BCUT2D eigenvalue weighted by Gasteiger charge is -2.09. The topological polar surface area (TPSA) is 68.6 Å². The molecule has 1 N–H and O–H groups in total. The highest BCUT2D eigenvalue weighted by Crippen LogP contribution is 2.27. The van der Waals surface area contributed by atoms with Crippen LogP contribution < -0.4 is 14.9 Å². The molecule has 0 unspecified atom stereocenters. The molecule has 2 rings (SSSR count). The normalized spacial score (nSPS) is 11.3. The molecule has 23 heavy (non-hydrogen) atoms. The lowest BCUT2D eigenvalue weighted by molar-refractivity contribution is 0.354. The average Bonchev–Trinajstić information content (AvgIpc) is 2.52. The van der Waals surface area contributed by atoms with Gasteiger partial charge >= 0.3 is 0 Å². The standard InChI is InChI=1S/C17H22N4O2/c1-11-8-12(2)19-17(18-11)21-20-13(3)9-14-6-7-15(22-4)16(10-14)23-5/h6-8,10H,9H2,1-5H3,(H,18,19,21)/b20-13-. The zero-order valence-electron chi connectivity index (χ0n) is 14.2. The molecule has 1 aromatic carbocycles. The van der Waals surface area contributed by atoms with E-state index in [-0.39, 0.29) is 0 Å². The molecule has 122 valence electrons. The van der Waals surface area contributed by atoms with Crippen molar-refractivity contribution in [2.24, 2.45) is 5.10 Å². The Kier molecular flexibility index (Phi) is 5.51. The molecule has 0 spiro atoms. The van der Waals surface area contributed by atoms with Gasteiger partial charge in [-0.15, -0.1) is 0 Å². The summed E-state index contributed by atoms with van der Waals surface area (Å²) in [6.07, 6.45) is 0.693. The van der Waals surface area contributed by atoms with Crippen LogP contribution in [-0.2, 0) is 6.42 Å². The maximum atomic E-state index is 5.31. The van der Waals surface area contributed by atoms with Gasteiger partial charge in [-0.3, -0.25) is 0 Å². The van der Waals surface area contributed by atoms with Crippen molar-refractivity contribution in [2.45, 2.75) is 27.2 Å². The number of rotatable bonds is 6. The van der Waals surface area contributed by atoms with Crippen LogP contribution in [0.3, 0.4) is 0 Å². The minimum atomic E-state index is 0.508. The van der Waals surface area contributed by atoms with Gasteiger partial charge in [0, 0.05) is 23.5 Å². The molecule has 2 aromatic rings. The van der Waals surface area contributed by atoms with Crippen molar-refractivity contribution in [3.63, 3.8) is 0 Å². The molecule has 0 fully saturated rings. The van der Waals surface area contributed by atoms with Gasteiger partial charge < -0.3 is 9.47 Å². The molecular formula is C17H22N4O2. The summed E-state index contributed by atoms with van der Waals surface area (Å²) in [5.74, 6) is 1.94. The summed E-state index contributed by atoms with van der Waals surface area (Å²) in [7, 11) is 3.25. The van der Waals surface area contributed by atoms with Crippen LogP contribution in [-0.4, -0.2) is 29.9 Å². The summed E-state index contributed by atoms with van der Waals surface area (Å²) in [5, 5.41) is 4.34. The van der Waals surface area contributed by atoms with Crippen molar-refractivity contribution in [1.29, 1.82) is 0 Å². The molecule has 0 aliphatic heterocycles. The number of aromatic nitrogens is 2. The van der Waals surface area contributed by atoms with Crippen LogP contribution in [0.4, 0.5) is 5.95 Å². The molecule has 0 aliphatic carbocycles. The van der Waals surface area contributed by atoms with Crippen molar-refractivity contribution >= 4 is 11.7 Å². The van der Waals surface area contributed by atoms with E-state index in [0.717, 1.165) is 22.7 Å². The van der Waals surface area contributed by atoms with E-state index in [1.807, 2.05) is 45.0 Å². The monoisotopic (exact) mass is 314 g/mol. The van der Waals surface area contributed by atoms with Gasteiger partial charge in [0.25, 0.3) is 0 Å². The van der Waals surface area contributed by atoms with Crippen LogP contribution in [0, 0.1) is 13.8 Å². The van der Waals surface area contributed by atoms with E-state index in [4.69, 9.17) is 9.47 Å². The minimum Gasteiger partial charge on any atom is -0.493 e.